The zero-order chi connectivity index (χ0) is 44.7. The summed E-state index contributed by atoms with van der Waals surface area (Å²) in [5, 5.41) is 55.3. The van der Waals surface area contributed by atoms with E-state index >= 15 is 4.79 Å². The molecule has 2 saturated heterocycles. The first-order valence-corrected chi connectivity index (χ1v) is 24.2. The van der Waals surface area contributed by atoms with Crippen molar-refractivity contribution in [2.45, 2.75) is 113 Å². The van der Waals surface area contributed by atoms with E-state index in [1.165, 1.54) is 7.11 Å². The lowest BCUT2D eigenvalue weighted by Gasteiger charge is -2.39. The van der Waals surface area contributed by atoms with Crippen LogP contribution in [0.25, 0.3) is 0 Å². The number of nitrogens with one attached hydrogen (secondary N) is 1. The van der Waals surface area contributed by atoms with Gasteiger partial charge in [-0.1, -0.05) is 61.6 Å². The molecule has 0 unspecified atom stereocenters. The Kier molecular flexibility index (Phi) is 13.3. The standard InChI is InChI=1S/C45H57N3O13Si/c1-25-41(62(4,5)31-16-14-30(58-2)15-17-31)34(22-35(50)48-23-27-11-7-6-10-26(27)20-29(48)24-49)61-45(25)32-21-28(46-42(55)40-38(53)37(52)39(54)43(56)60-40)13-18-33(32)47(44(45)57)19-9-8-12-36(51)59-3/h6-7,10-11,13-18,21,25,29,34,37-41,43,49,52-54,56H,8-9,12,19-20,22-24H2,1-5H3,(H,46,55)/t25-,29+,34+,37+,38+,39-,40+,41-,43-,45+/m1/s1. The molecule has 4 aliphatic rings. The topological polar surface area (TPSA) is 225 Å². The van der Waals surface area contributed by atoms with Gasteiger partial charge in [0.05, 0.1) is 53.2 Å². The van der Waals surface area contributed by atoms with Gasteiger partial charge in [0, 0.05) is 36.7 Å². The molecule has 2 fully saturated rings. The minimum Gasteiger partial charge on any atom is -0.497 e. The zero-order valence-electron chi connectivity index (χ0n) is 35.6. The van der Waals surface area contributed by atoms with E-state index in [9.17, 15) is 39.9 Å². The summed E-state index contributed by atoms with van der Waals surface area (Å²) in [6.07, 6.45) is -8.54. The van der Waals surface area contributed by atoms with Gasteiger partial charge in [-0.2, -0.15) is 0 Å². The molecule has 4 aliphatic heterocycles. The van der Waals surface area contributed by atoms with Crippen LogP contribution in [0.15, 0.2) is 66.7 Å². The highest BCUT2D eigenvalue weighted by Gasteiger charge is 2.66. The van der Waals surface area contributed by atoms with Crippen LogP contribution >= 0.6 is 0 Å². The summed E-state index contributed by atoms with van der Waals surface area (Å²) in [6.45, 7) is 6.67. The maximum Gasteiger partial charge on any atom is 0.305 e. The predicted octanol–water partition coefficient (Wildman–Crippen LogP) is 1.68. The number of methoxy groups -OCH3 is 2. The largest absolute Gasteiger partial charge is 0.497 e. The van der Waals surface area contributed by atoms with Gasteiger partial charge in [-0.15, -0.1) is 0 Å². The van der Waals surface area contributed by atoms with E-state index in [-0.39, 0.29) is 55.0 Å². The van der Waals surface area contributed by atoms with E-state index < -0.39 is 68.4 Å². The number of amides is 3. The van der Waals surface area contributed by atoms with Gasteiger partial charge >= 0.3 is 5.97 Å². The summed E-state index contributed by atoms with van der Waals surface area (Å²) in [5.41, 5.74) is 1.24. The molecule has 62 heavy (non-hydrogen) atoms. The van der Waals surface area contributed by atoms with Crippen molar-refractivity contribution >= 4 is 48.3 Å². The van der Waals surface area contributed by atoms with Gasteiger partial charge in [-0.05, 0) is 66.3 Å². The van der Waals surface area contributed by atoms with Gasteiger partial charge in [0.1, 0.15) is 24.1 Å². The predicted molar refractivity (Wildman–Crippen MR) is 228 cm³/mol. The van der Waals surface area contributed by atoms with Crippen molar-refractivity contribution in [3.05, 3.63) is 83.4 Å². The van der Waals surface area contributed by atoms with E-state index in [1.54, 1.807) is 35.1 Å². The lowest BCUT2D eigenvalue weighted by molar-refractivity contribution is -0.274. The summed E-state index contributed by atoms with van der Waals surface area (Å²) < 4.78 is 22.7. The monoisotopic (exact) mass is 875 g/mol. The quantitative estimate of drug-likeness (QED) is 0.0818. The molecule has 3 amide bonds. The Labute approximate surface area is 361 Å². The lowest BCUT2D eigenvalue weighted by atomic mass is 9.82. The smallest absolute Gasteiger partial charge is 0.305 e. The molecule has 7 rings (SSSR count). The first-order chi connectivity index (χ1) is 29.6. The molecule has 3 aromatic rings. The minimum atomic E-state index is -2.72. The van der Waals surface area contributed by atoms with Gasteiger partial charge in [0.25, 0.3) is 11.8 Å². The minimum absolute atomic E-state index is 0.0758. The van der Waals surface area contributed by atoms with Gasteiger partial charge in [0.15, 0.2) is 18.0 Å². The van der Waals surface area contributed by atoms with Gasteiger partial charge < -0.3 is 59.6 Å². The molecule has 10 atom stereocenters. The summed E-state index contributed by atoms with van der Waals surface area (Å²) in [6, 6.07) is 20.1. The molecule has 0 saturated carbocycles. The number of benzene rings is 3. The third-order valence-corrected chi connectivity index (χ3v) is 17.8. The van der Waals surface area contributed by atoms with Crippen LogP contribution in [0.3, 0.4) is 0 Å². The van der Waals surface area contributed by atoms with Crippen molar-refractivity contribution in [2.24, 2.45) is 5.92 Å². The molecular weight excluding hydrogens is 819 g/mol. The molecule has 334 valence electrons. The first-order valence-electron chi connectivity index (χ1n) is 21.1. The number of hydrogen-bond acceptors (Lipinski definition) is 13. The maximum atomic E-state index is 15.3. The normalized spacial score (nSPS) is 29.3. The molecule has 16 nitrogen and oxygen atoms in total. The number of anilines is 2. The van der Waals surface area contributed by atoms with Crippen molar-refractivity contribution in [1.82, 2.24) is 4.90 Å². The number of hydrogen-bond donors (Lipinski definition) is 6. The maximum absolute atomic E-state index is 15.3. The number of aliphatic hydroxyl groups is 5. The molecule has 17 heteroatoms. The average Bonchev–Trinajstić information content (AvgIpc) is 3.70. The fourth-order valence-corrected chi connectivity index (χ4v) is 14.1. The fraction of sp³-hybridized carbons (Fsp3) is 0.511. The van der Waals surface area contributed by atoms with E-state index in [1.807, 2.05) is 55.5 Å². The highest BCUT2D eigenvalue weighted by molar-refractivity contribution is 6.91. The second kappa shape index (κ2) is 18.2. The van der Waals surface area contributed by atoms with Crippen molar-refractivity contribution in [1.29, 1.82) is 0 Å². The molecule has 6 N–H and O–H groups in total. The fourth-order valence-electron chi connectivity index (χ4n) is 10.1. The van der Waals surface area contributed by atoms with E-state index in [0.29, 0.717) is 42.8 Å². The number of esters is 1. The summed E-state index contributed by atoms with van der Waals surface area (Å²) in [4.78, 5) is 58.9. The van der Waals surface area contributed by atoms with Crippen LogP contribution < -0.4 is 20.1 Å². The van der Waals surface area contributed by atoms with Crippen LogP contribution in [0.2, 0.25) is 18.6 Å². The van der Waals surface area contributed by atoms with Crippen LogP contribution in [-0.4, -0.2) is 132 Å². The van der Waals surface area contributed by atoms with Crippen LogP contribution in [0.1, 0.15) is 49.3 Å². The third-order valence-electron chi connectivity index (χ3n) is 13.5. The molecule has 3 aromatic carbocycles. The second-order valence-corrected chi connectivity index (χ2v) is 22.0. The van der Waals surface area contributed by atoms with Crippen molar-refractivity contribution < 1.29 is 63.7 Å². The Hall–Kier alpha value is -4.72. The highest BCUT2D eigenvalue weighted by Crippen LogP contribution is 2.60. The Morgan fingerprint density at radius 3 is 2.32 bits per heavy atom. The number of aliphatic hydroxyl groups excluding tert-OH is 5. The van der Waals surface area contributed by atoms with Gasteiger partial charge in [0.2, 0.25) is 5.91 Å². The van der Waals surface area contributed by atoms with Crippen molar-refractivity contribution in [3.8, 4) is 5.75 Å². The number of fused-ring (bicyclic) bond motifs is 3. The molecule has 0 radical (unpaired) electrons. The summed E-state index contributed by atoms with van der Waals surface area (Å²) in [5.74, 6) is -1.71. The van der Waals surface area contributed by atoms with Crippen LogP contribution in [-0.2, 0) is 52.0 Å². The van der Waals surface area contributed by atoms with Crippen LogP contribution in [0, 0.1) is 5.92 Å². The van der Waals surface area contributed by atoms with Crippen LogP contribution in [0.4, 0.5) is 11.4 Å². The number of nitrogens with zero attached hydrogens (tertiary/aromatic N) is 2. The van der Waals surface area contributed by atoms with Crippen molar-refractivity contribution in [3.63, 3.8) is 0 Å². The molecule has 0 aliphatic carbocycles. The number of ether oxygens (including phenoxy) is 4. The molecule has 1 spiro atoms. The first kappa shape index (κ1) is 45.3. The summed E-state index contributed by atoms with van der Waals surface area (Å²) >= 11 is 0. The van der Waals surface area contributed by atoms with Crippen molar-refractivity contribution in [2.75, 3.05) is 37.6 Å². The molecule has 0 bridgehead atoms. The lowest BCUT2D eigenvalue weighted by Crippen LogP contribution is -2.60. The molecule has 0 aromatic heterocycles. The van der Waals surface area contributed by atoms with Crippen LogP contribution in [0.5, 0.6) is 5.75 Å². The second-order valence-electron chi connectivity index (χ2n) is 17.3. The zero-order valence-corrected chi connectivity index (χ0v) is 36.6. The number of unbranched alkanes of at least 4 members (excludes halogenated alkanes) is 1. The molecule has 4 heterocycles. The SMILES string of the molecule is COC(=O)CCCCN1C(=O)[C@@]2(O[C@@H](CC(=O)N3Cc4ccccc4C[C@H]3CO)[C@H]([Si](C)(C)c3ccc(OC)cc3)[C@H]2C)c2cc(NC(=O)[C@H]3O[C@@H](O)[C@H](O)[C@@H](O)[C@@H]3O)ccc21. The highest BCUT2D eigenvalue weighted by atomic mass is 28.3. The number of carbonyl (C=O) groups is 4. The Morgan fingerprint density at radius 2 is 1.65 bits per heavy atom. The van der Waals surface area contributed by atoms with Gasteiger partial charge in [-0.25, -0.2) is 0 Å². The van der Waals surface area contributed by atoms with Gasteiger partial charge in [-0.3, -0.25) is 19.2 Å². The van der Waals surface area contributed by atoms with E-state index in [4.69, 9.17) is 18.9 Å². The number of carbonyl (C=O) groups excluding carboxylic acids is 4. The summed E-state index contributed by atoms with van der Waals surface area (Å²) in [7, 11) is 0.197. The third kappa shape index (κ3) is 8.16. The number of rotatable bonds is 13. The van der Waals surface area contributed by atoms with E-state index in [0.717, 1.165) is 16.3 Å². The Morgan fingerprint density at radius 1 is 0.935 bits per heavy atom. The average molecular weight is 876 g/mol. The Bertz CT molecular complexity index is 2150. The van der Waals surface area contributed by atoms with E-state index in [2.05, 4.69) is 18.4 Å². The molecular formula is C45H57N3O13Si. The Balaban J connectivity index is 1.28.